The molecule has 0 amide bonds. The van der Waals surface area contributed by atoms with Crippen molar-refractivity contribution >= 4 is 26.0 Å². The third-order valence-electron chi connectivity index (χ3n) is 5.57. The van der Waals surface area contributed by atoms with E-state index >= 15 is 0 Å². The van der Waals surface area contributed by atoms with E-state index in [0.29, 0.717) is 69.6 Å². The largest absolute Gasteiger partial charge is 0.504 e. The number of benzene rings is 1. The first-order valence-electron chi connectivity index (χ1n) is 14.3. The average molecular weight is 642 g/mol. The number of allylic oxidation sites excluding steroid dienone is 1. The first-order chi connectivity index (χ1) is 21.5. The monoisotopic (exact) mass is 642 g/mol. The lowest BCUT2D eigenvalue weighted by molar-refractivity contribution is -0.143. The van der Waals surface area contributed by atoms with Crippen LogP contribution in [0.1, 0.15) is 16.8 Å². The van der Waals surface area contributed by atoms with Crippen molar-refractivity contribution in [1.29, 1.82) is 0 Å². The number of rotatable bonds is 18. The number of hydrogen-bond donors (Lipinski definition) is 6. The van der Waals surface area contributed by atoms with E-state index in [1.807, 2.05) is 6.08 Å². The molecule has 0 aliphatic heterocycles. The number of ether oxygens (including phenoxy) is 7. The molecule has 0 saturated carbocycles. The van der Waals surface area contributed by atoms with Gasteiger partial charge in [0.15, 0.2) is 23.0 Å². The second-order valence-electron chi connectivity index (χ2n) is 9.10. The summed E-state index contributed by atoms with van der Waals surface area (Å²) in [5, 5.41) is 40.8. The van der Waals surface area contributed by atoms with E-state index in [9.17, 15) is 14.7 Å². The van der Waals surface area contributed by atoms with Crippen LogP contribution in [0.25, 0.3) is 0 Å². The van der Waals surface area contributed by atoms with E-state index < -0.39 is 20.1 Å². The van der Waals surface area contributed by atoms with Gasteiger partial charge in [0, 0.05) is 13.1 Å². The Morgan fingerprint density at radius 1 is 0.867 bits per heavy atom. The summed E-state index contributed by atoms with van der Waals surface area (Å²) < 4.78 is 35.1. The molecule has 15 nitrogen and oxygen atoms in total. The van der Waals surface area contributed by atoms with Gasteiger partial charge in [-0.1, -0.05) is 0 Å². The quantitative estimate of drug-likeness (QED) is 0.0720. The molecule has 254 valence electrons. The molecule has 0 spiro atoms. The molecule has 1 aliphatic carbocycles. The fourth-order valence-corrected chi connectivity index (χ4v) is 3.36. The number of hydrogen-bond acceptors (Lipinski definition) is 15. The highest BCUT2D eigenvalue weighted by Crippen LogP contribution is 2.26. The Balaban J connectivity index is 0.000000713. The van der Waals surface area contributed by atoms with Crippen LogP contribution in [0, 0.1) is 5.92 Å². The van der Waals surface area contributed by atoms with Crippen molar-refractivity contribution in [2.75, 3.05) is 81.2 Å². The number of phenols is 1. The fourth-order valence-electron chi connectivity index (χ4n) is 3.36. The Labute approximate surface area is 265 Å². The molecule has 0 aromatic heterocycles. The van der Waals surface area contributed by atoms with Crippen LogP contribution >= 0.6 is 0 Å². The smallest absolute Gasteiger partial charge is 0.373 e. The average Bonchev–Trinajstić information content (AvgIpc) is 3.04. The van der Waals surface area contributed by atoms with Crippen LogP contribution in [0.2, 0.25) is 13.6 Å². The zero-order valence-corrected chi connectivity index (χ0v) is 26.9. The molecule has 1 atom stereocenters. The maximum absolute atomic E-state index is 11.5. The van der Waals surface area contributed by atoms with Crippen molar-refractivity contribution in [2.24, 2.45) is 5.92 Å². The fraction of sp³-hybridized carbons (Fsp3) is 0.571. The van der Waals surface area contributed by atoms with E-state index in [1.165, 1.54) is 46.6 Å². The van der Waals surface area contributed by atoms with Crippen LogP contribution in [-0.2, 0) is 33.2 Å². The minimum atomic E-state index is -0.538. The summed E-state index contributed by atoms with van der Waals surface area (Å²) in [6, 6.07) is 4.26. The summed E-state index contributed by atoms with van der Waals surface area (Å²) >= 11 is 0. The van der Waals surface area contributed by atoms with Crippen LogP contribution in [-0.4, -0.2) is 127 Å². The molecule has 0 fully saturated rings. The number of carbonyl (C=O) groups is 2. The number of aliphatic hydroxyl groups is 1. The van der Waals surface area contributed by atoms with Crippen LogP contribution in [0.4, 0.5) is 0 Å². The normalized spacial score (nSPS) is 13.4. The van der Waals surface area contributed by atoms with Gasteiger partial charge in [0.25, 0.3) is 0 Å². The molecule has 1 unspecified atom stereocenters. The number of phenolic OH excluding ortho intramolecular Hbond substituents is 1. The zero-order chi connectivity index (χ0) is 34.0. The molecular formula is C28H48B2N2O13. The second-order valence-corrected chi connectivity index (χ2v) is 9.10. The van der Waals surface area contributed by atoms with E-state index in [4.69, 9.17) is 43.6 Å². The number of carbonyl (C=O) groups excluding carboxylic acids is 2. The summed E-state index contributed by atoms with van der Waals surface area (Å²) in [5.41, 5.74) is 0.345. The van der Waals surface area contributed by atoms with Gasteiger partial charge in [-0.05, 0) is 50.4 Å². The molecule has 0 bridgehead atoms. The van der Waals surface area contributed by atoms with E-state index in [2.05, 4.69) is 15.2 Å². The van der Waals surface area contributed by atoms with Crippen molar-refractivity contribution in [1.82, 2.24) is 10.5 Å². The van der Waals surface area contributed by atoms with Crippen LogP contribution < -0.4 is 15.2 Å². The topological polar surface area (TPSA) is 204 Å². The lowest BCUT2D eigenvalue weighted by Gasteiger charge is -2.20. The SMILES string of the molecule is CB(O)NCCOCCO.COC(=O)C1C=C(OC)C(OCCOCCNB(C)O)=CC1.COC(=O)c1ccc(O)c(OC)c1. The van der Waals surface area contributed by atoms with Crippen molar-refractivity contribution in [2.45, 2.75) is 20.1 Å². The van der Waals surface area contributed by atoms with Gasteiger partial charge >= 0.3 is 26.0 Å². The Bertz CT molecular complexity index is 1030. The van der Waals surface area contributed by atoms with Gasteiger partial charge in [-0.15, -0.1) is 0 Å². The molecule has 6 N–H and O–H groups in total. The molecule has 1 aromatic carbocycles. The lowest BCUT2D eigenvalue weighted by atomic mass is 9.89. The first kappa shape index (κ1) is 41.7. The van der Waals surface area contributed by atoms with Gasteiger partial charge in [-0.25, -0.2) is 4.79 Å². The molecule has 45 heavy (non-hydrogen) atoms. The Morgan fingerprint density at radius 3 is 2.00 bits per heavy atom. The maximum Gasteiger partial charge on any atom is 0.373 e. The highest BCUT2D eigenvalue weighted by atomic mass is 16.5. The zero-order valence-electron chi connectivity index (χ0n) is 26.9. The van der Waals surface area contributed by atoms with Gasteiger partial charge in [-0.2, -0.15) is 0 Å². The lowest BCUT2D eigenvalue weighted by Crippen LogP contribution is -2.33. The Hall–Kier alpha value is -3.31. The predicted octanol–water partition coefficient (Wildman–Crippen LogP) is 0.209. The maximum atomic E-state index is 11.5. The van der Waals surface area contributed by atoms with Gasteiger partial charge in [0.2, 0.25) is 0 Å². The Morgan fingerprint density at radius 2 is 1.49 bits per heavy atom. The van der Waals surface area contributed by atoms with Gasteiger partial charge in [0.1, 0.15) is 6.61 Å². The molecule has 1 aliphatic rings. The molecule has 0 radical (unpaired) electrons. The van der Waals surface area contributed by atoms with Gasteiger partial charge < -0.3 is 63.9 Å². The molecular weight excluding hydrogens is 594 g/mol. The van der Waals surface area contributed by atoms with Crippen LogP contribution in [0.15, 0.2) is 41.9 Å². The molecule has 0 heterocycles. The second kappa shape index (κ2) is 26.0. The van der Waals surface area contributed by atoms with Crippen LogP contribution in [0.5, 0.6) is 11.5 Å². The minimum Gasteiger partial charge on any atom is -0.504 e. The van der Waals surface area contributed by atoms with Crippen molar-refractivity contribution in [3.8, 4) is 11.5 Å². The molecule has 0 saturated heterocycles. The molecule has 1 aromatic rings. The predicted molar refractivity (Wildman–Crippen MR) is 168 cm³/mol. The number of nitrogens with one attached hydrogen (secondary N) is 2. The van der Waals surface area contributed by atoms with E-state index in [-0.39, 0.29) is 30.0 Å². The van der Waals surface area contributed by atoms with E-state index in [1.54, 1.807) is 19.7 Å². The summed E-state index contributed by atoms with van der Waals surface area (Å²) in [7, 11) is 4.57. The summed E-state index contributed by atoms with van der Waals surface area (Å²) in [6.07, 6.45) is 4.04. The Kier molecular flexibility index (Phi) is 24.1. The molecule has 17 heteroatoms. The highest BCUT2D eigenvalue weighted by Gasteiger charge is 2.23. The number of methoxy groups -OCH3 is 4. The van der Waals surface area contributed by atoms with E-state index in [0.717, 1.165) is 0 Å². The van der Waals surface area contributed by atoms with Gasteiger partial charge in [0.05, 0.1) is 73.0 Å². The third-order valence-corrected chi connectivity index (χ3v) is 5.57. The summed E-state index contributed by atoms with van der Waals surface area (Å²) in [6.45, 7) is 6.71. The number of aliphatic hydroxyl groups excluding tert-OH is 1. The van der Waals surface area contributed by atoms with Crippen molar-refractivity contribution in [3.63, 3.8) is 0 Å². The number of esters is 2. The summed E-state index contributed by atoms with van der Waals surface area (Å²) in [4.78, 5) is 22.5. The van der Waals surface area contributed by atoms with Crippen molar-refractivity contribution in [3.05, 3.63) is 47.4 Å². The van der Waals surface area contributed by atoms with Gasteiger partial charge in [-0.3, -0.25) is 4.79 Å². The standard InChI is InChI=1S/C14H24BNO6.C9H10O4.C5H14BNO3/c1-15(18)16-6-7-21-8-9-22-12-5-4-11(14(17)20-3)10-13(12)19-2;1-12-8-5-6(9(11)13-2)3-4-7(8)10;1-6(9)7-2-4-10-5-3-8/h5,10-11,16,18H,4,6-9H2,1-3H3;3-5,10H,1-2H3;7-9H,2-5H2,1H3. The molecule has 2 rings (SSSR count). The minimum absolute atomic E-state index is 0.00449. The summed E-state index contributed by atoms with van der Waals surface area (Å²) in [5.74, 6) is 0.288. The first-order valence-corrected chi connectivity index (χ1v) is 14.3. The number of aromatic hydroxyl groups is 1. The van der Waals surface area contributed by atoms with Crippen molar-refractivity contribution < 1.29 is 63.0 Å². The third kappa shape index (κ3) is 19.6. The highest BCUT2D eigenvalue weighted by molar-refractivity contribution is 6.45. The van der Waals surface area contributed by atoms with Crippen LogP contribution in [0.3, 0.4) is 0 Å².